The predicted octanol–water partition coefficient (Wildman–Crippen LogP) is 0.769. The molecule has 2 fully saturated rings. The first-order valence-corrected chi connectivity index (χ1v) is 10.1. The largest absolute Gasteiger partial charge is 0.508 e. The molecule has 3 N–H and O–H groups in total. The number of carbonyl (C=O) groups is 3. The molecule has 8 nitrogen and oxygen atoms in total. The van der Waals surface area contributed by atoms with E-state index >= 15 is 0 Å². The number of fused-ring (bicyclic) bond motifs is 1. The molecule has 2 aliphatic heterocycles. The Bertz CT molecular complexity index is 955. The molecule has 0 radical (unpaired) electrons. The van der Waals surface area contributed by atoms with E-state index in [1.165, 1.54) is 23.3 Å². The number of carbonyl (C=O) groups excluding carboxylic acids is 3. The van der Waals surface area contributed by atoms with Gasteiger partial charge in [-0.2, -0.15) is 0 Å². The summed E-state index contributed by atoms with van der Waals surface area (Å²) in [5.74, 6) is -2.11. The number of quaternary nitrogens is 1. The van der Waals surface area contributed by atoms with Crippen LogP contribution in [0.25, 0.3) is 0 Å². The topological polar surface area (TPSA) is 114 Å². The van der Waals surface area contributed by atoms with E-state index in [1.807, 2.05) is 0 Å². The van der Waals surface area contributed by atoms with Crippen LogP contribution in [-0.4, -0.2) is 46.5 Å². The molecule has 4 rings (SSSR count). The van der Waals surface area contributed by atoms with Gasteiger partial charge in [0.2, 0.25) is 17.4 Å². The van der Waals surface area contributed by atoms with Gasteiger partial charge < -0.3 is 19.6 Å². The zero-order chi connectivity index (χ0) is 21.5. The highest BCUT2D eigenvalue weighted by atomic mass is 16.5. The molecule has 2 aliphatic rings. The Morgan fingerprint density at radius 2 is 1.93 bits per heavy atom. The number of likely N-dealkylation sites (tertiary alicyclic amines) is 1. The minimum atomic E-state index is -1.31. The summed E-state index contributed by atoms with van der Waals surface area (Å²) in [5.41, 5.74) is -0.558. The molecule has 8 heteroatoms. The maximum absolute atomic E-state index is 13.3. The van der Waals surface area contributed by atoms with E-state index < -0.39 is 29.4 Å². The molecular weight excluding hydrogens is 388 g/mol. The lowest BCUT2D eigenvalue weighted by atomic mass is 9.76. The van der Waals surface area contributed by atoms with Crippen LogP contribution in [0.4, 0.5) is 0 Å². The quantitative estimate of drug-likeness (QED) is 0.534. The maximum Gasteiger partial charge on any atom is 0.369 e. The summed E-state index contributed by atoms with van der Waals surface area (Å²) >= 11 is 0. The van der Waals surface area contributed by atoms with Crippen molar-refractivity contribution in [3.8, 4) is 5.75 Å². The van der Waals surface area contributed by atoms with Gasteiger partial charge in [-0.15, -0.1) is 0 Å². The van der Waals surface area contributed by atoms with Gasteiger partial charge in [0.1, 0.15) is 17.6 Å². The van der Waals surface area contributed by atoms with Crippen molar-refractivity contribution in [1.29, 1.82) is 0 Å². The first-order chi connectivity index (χ1) is 14.4. The van der Waals surface area contributed by atoms with Crippen LogP contribution in [-0.2, 0) is 25.5 Å². The fourth-order valence-electron chi connectivity index (χ4n) is 4.89. The third-order valence-electron chi connectivity index (χ3n) is 6.14. The van der Waals surface area contributed by atoms with E-state index in [9.17, 15) is 19.5 Å². The number of rotatable bonds is 6. The van der Waals surface area contributed by atoms with Crippen molar-refractivity contribution in [3.63, 3.8) is 0 Å². The number of imide groups is 1. The lowest BCUT2D eigenvalue weighted by Gasteiger charge is -2.29. The molecule has 2 aromatic rings. The van der Waals surface area contributed by atoms with Crippen LogP contribution in [0.1, 0.15) is 31.2 Å². The number of benzene rings is 1. The number of hydrogen-bond donors (Lipinski definition) is 2. The van der Waals surface area contributed by atoms with Crippen LogP contribution < -0.4 is 5.32 Å². The van der Waals surface area contributed by atoms with Crippen molar-refractivity contribution in [1.82, 2.24) is 4.90 Å². The highest BCUT2D eigenvalue weighted by Crippen LogP contribution is 2.45. The third kappa shape index (κ3) is 2.99. The summed E-state index contributed by atoms with van der Waals surface area (Å²) in [4.78, 5) is 41.0. The Morgan fingerprint density at radius 3 is 2.53 bits per heavy atom. The number of phenols is 1. The monoisotopic (exact) mass is 413 g/mol. The van der Waals surface area contributed by atoms with Crippen LogP contribution in [0.3, 0.4) is 0 Å². The van der Waals surface area contributed by atoms with Crippen molar-refractivity contribution in [2.75, 3.05) is 13.2 Å². The molecule has 0 saturated carbocycles. The van der Waals surface area contributed by atoms with Gasteiger partial charge in [-0.1, -0.05) is 12.1 Å². The molecule has 1 aromatic carbocycles. The summed E-state index contributed by atoms with van der Waals surface area (Å²) < 4.78 is 11.0. The number of amides is 2. The van der Waals surface area contributed by atoms with Gasteiger partial charge in [0.25, 0.3) is 0 Å². The van der Waals surface area contributed by atoms with Crippen molar-refractivity contribution in [3.05, 3.63) is 54.0 Å². The minimum Gasteiger partial charge on any atom is -0.508 e. The van der Waals surface area contributed by atoms with Gasteiger partial charge in [0.05, 0.1) is 12.9 Å². The normalized spacial score (nSPS) is 28.1. The van der Waals surface area contributed by atoms with Gasteiger partial charge in [-0.3, -0.25) is 14.5 Å². The summed E-state index contributed by atoms with van der Waals surface area (Å²) in [6.45, 7) is 3.86. The molecule has 1 aromatic heterocycles. The number of nitrogens with two attached hydrogens (primary N) is 1. The number of nitrogens with zero attached hydrogens (tertiary/aromatic N) is 1. The molecular formula is C22H25N2O6+. The molecule has 0 bridgehead atoms. The fourth-order valence-corrected chi connectivity index (χ4v) is 4.89. The molecule has 0 spiro atoms. The predicted molar refractivity (Wildman–Crippen MR) is 104 cm³/mol. The number of aromatic hydroxyl groups is 1. The molecule has 3 heterocycles. The Balaban J connectivity index is 1.84. The molecule has 2 saturated heterocycles. The maximum atomic E-state index is 13.3. The van der Waals surface area contributed by atoms with E-state index in [1.54, 1.807) is 43.4 Å². The lowest BCUT2D eigenvalue weighted by Crippen LogP contribution is -2.98. The molecule has 30 heavy (non-hydrogen) atoms. The van der Waals surface area contributed by atoms with E-state index in [4.69, 9.17) is 9.15 Å². The first kappa shape index (κ1) is 20.2. The first-order valence-electron chi connectivity index (χ1n) is 10.1. The molecule has 158 valence electrons. The molecule has 0 unspecified atom stereocenters. The Morgan fingerprint density at radius 1 is 1.20 bits per heavy atom. The second kappa shape index (κ2) is 7.60. The summed E-state index contributed by atoms with van der Waals surface area (Å²) in [7, 11) is 0. The van der Waals surface area contributed by atoms with Crippen LogP contribution >= 0.6 is 0 Å². The smallest absolute Gasteiger partial charge is 0.369 e. The van der Waals surface area contributed by atoms with Gasteiger partial charge in [0.15, 0.2) is 11.8 Å². The third-order valence-corrected chi connectivity index (χ3v) is 6.14. The van der Waals surface area contributed by atoms with E-state index in [2.05, 4.69) is 0 Å². The molecule has 0 aliphatic carbocycles. The summed E-state index contributed by atoms with van der Waals surface area (Å²) in [5, 5.41) is 11.4. The van der Waals surface area contributed by atoms with Crippen LogP contribution in [0.2, 0.25) is 0 Å². The average Bonchev–Trinajstić information content (AvgIpc) is 3.42. The van der Waals surface area contributed by atoms with Crippen molar-refractivity contribution in [2.45, 2.75) is 31.8 Å². The number of ether oxygens (including phenoxy) is 1. The fraction of sp³-hybridized carbons (Fsp3) is 0.409. The van der Waals surface area contributed by atoms with E-state index in [0.717, 1.165) is 5.56 Å². The van der Waals surface area contributed by atoms with Gasteiger partial charge in [-0.25, -0.2) is 4.79 Å². The van der Waals surface area contributed by atoms with E-state index in [0.29, 0.717) is 5.76 Å². The van der Waals surface area contributed by atoms with Gasteiger partial charge >= 0.3 is 5.97 Å². The number of furan rings is 1. The van der Waals surface area contributed by atoms with Crippen LogP contribution in [0.15, 0.2) is 47.1 Å². The number of hydrogen-bond acceptors (Lipinski definition) is 6. The Hall–Kier alpha value is -3.13. The summed E-state index contributed by atoms with van der Waals surface area (Å²) in [6.07, 6.45) is 1.70. The minimum absolute atomic E-state index is 0.106. The SMILES string of the molecule is CCOC(=O)[C@]1(Cc2ccc(O)cc2)[NH2+][C@@H](c2ccco2)[C@H]2C(=O)N(CC)C(=O)[C@H]21. The molecule has 2 amide bonds. The Labute approximate surface area is 173 Å². The second-order valence-electron chi connectivity index (χ2n) is 7.74. The standard InChI is InChI=1S/C22H24N2O6/c1-3-24-19(26)16-17(20(24)27)22(21(28)29-4-2,12-13-7-9-14(25)10-8-13)23-18(16)15-6-5-11-30-15/h5-11,16-18,23,25H,3-4,12H2,1-2H3/p+1/t16-,17-,18-,22+/m0/s1. The van der Waals surface area contributed by atoms with Crippen molar-refractivity contribution in [2.24, 2.45) is 11.8 Å². The molecule has 4 atom stereocenters. The number of phenolic OH excluding ortho intramolecular Hbond substituents is 1. The van der Waals surface area contributed by atoms with Crippen molar-refractivity contribution < 1.29 is 34.0 Å². The van der Waals surface area contributed by atoms with Crippen LogP contribution in [0, 0.1) is 11.8 Å². The van der Waals surface area contributed by atoms with E-state index in [-0.39, 0.29) is 37.1 Å². The summed E-state index contributed by atoms with van der Waals surface area (Å²) in [6, 6.07) is 9.44. The lowest BCUT2D eigenvalue weighted by molar-refractivity contribution is -0.735. The zero-order valence-corrected chi connectivity index (χ0v) is 16.9. The second-order valence-corrected chi connectivity index (χ2v) is 7.74. The number of esters is 1. The van der Waals surface area contributed by atoms with Gasteiger partial charge in [-0.05, 0) is 43.7 Å². The zero-order valence-electron chi connectivity index (χ0n) is 16.9. The van der Waals surface area contributed by atoms with Gasteiger partial charge in [0, 0.05) is 13.0 Å². The Kier molecular flexibility index (Phi) is 5.11. The average molecular weight is 413 g/mol. The highest BCUT2D eigenvalue weighted by molar-refractivity contribution is 6.08. The highest BCUT2D eigenvalue weighted by Gasteiger charge is 2.72. The van der Waals surface area contributed by atoms with Crippen molar-refractivity contribution >= 4 is 17.8 Å². The van der Waals surface area contributed by atoms with Crippen LogP contribution in [0.5, 0.6) is 5.75 Å².